The highest BCUT2D eigenvalue weighted by Gasteiger charge is 2.49. The fourth-order valence-corrected chi connectivity index (χ4v) is 6.24. The molecule has 2 amide bonds. The van der Waals surface area contributed by atoms with Crippen molar-refractivity contribution in [3.05, 3.63) is 23.9 Å². The highest BCUT2D eigenvalue weighted by Crippen LogP contribution is 2.41. The second kappa shape index (κ2) is 9.72. The molecule has 4 heterocycles. The van der Waals surface area contributed by atoms with Crippen LogP contribution in [-0.4, -0.2) is 70.3 Å². The molecule has 0 radical (unpaired) electrons. The van der Waals surface area contributed by atoms with E-state index in [9.17, 15) is 9.59 Å². The van der Waals surface area contributed by atoms with Crippen molar-refractivity contribution in [2.24, 2.45) is 16.3 Å². The summed E-state index contributed by atoms with van der Waals surface area (Å²) < 4.78 is 0. The van der Waals surface area contributed by atoms with E-state index in [1.807, 2.05) is 18.7 Å². The normalized spacial score (nSPS) is 22.4. The van der Waals surface area contributed by atoms with E-state index in [-0.39, 0.29) is 23.3 Å². The summed E-state index contributed by atoms with van der Waals surface area (Å²) in [5.41, 5.74) is 1.82. The van der Waals surface area contributed by atoms with Crippen molar-refractivity contribution in [2.45, 2.75) is 84.2 Å². The van der Waals surface area contributed by atoms with Gasteiger partial charge in [0.15, 0.2) is 0 Å². The van der Waals surface area contributed by atoms with Gasteiger partial charge in [0.25, 0.3) is 5.91 Å². The zero-order valence-corrected chi connectivity index (χ0v) is 22.8. The highest BCUT2D eigenvalue weighted by atomic mass is 16.2. The number of rotatable bonds is 8. The zero-order chi connectivity index (χ0) is 26.4. The van der Waals surface area contributed by atoms with Crippen LogP contribution in [0.2, 0.25) is 0 Å². The van der Waals surface area contributed by atoms with Gasteiger partial charge in [-0.15, -0.1) is 0 Å². The van der Waals surface area contributed by atoms with Crippen LogP contribution in [0.5, 0.6) is 0 Å². The number of aliphatic imine (C=N–C) groups is 1. The fourth-order valence-electron chi connectivity index (χ4n) is 6.24. The molecule has 0 bridgehead atoms. The summed E-state index contributed by atoms with van der Waals surface area (Å²) in [7, 11) is 0. The molecular formula is C28H41N7O2. The number of amides is 2. The van der Waals surface area contributed by atoms with Gasteiger partial charge in [-0.2, -0.15) is 4.98 Å². The number of anilines is 2. The van der Waals surface area contributed by atoms with Gasteiger partial charge in [0.05, 0.1) is 5.69 Å². The number of fused-ring (bicyclic) bond motifs is 1. The minimum Gasteiger partial charge on any atom is -0.366 e. The molecule has 2 saturated heterocycles. The average molecular weight is 508 g/mol. The van der Waals surface area contributed by atoms with Crippen molar-refractivity contribution in [1.29, 1.82) is 0 Å². The predicted octanol–water partition coefficient (Wildman–Crippen LogP) is 3.10. The highest BCUT2D eigenvalue weighted by molar-refractivity contribution is 6.08. The third-order valence-electron chi connectivity index (χ3n) is 8.20. The van der Waals surface area contributed by atoms with Crippen molar-refractivity contribution in [2.75, 3.05) is 36.4 Å². The number of nitrogens with one attached hydrogen (secondary N) is 2. The monoisotopic (exact) mass is 507 g/mol. The van der Waals surface area contributed by atoms with E-state index in [0.29, 0.717) is 12.3 Å². The van der Waals surface area contributed by atoms with Crippen molar-refractivity contribution in [1.82, 2.24) is 20.2 Å². The number of amidine groups is 1. The molecule has 5 rings (SSSR count). The Balaban J connectivity index is 1.36. The van der Waals surface area contributed by atoms with Gasteiger partial charge < -0.3 is 20.4 Å². The standard InChI is InChI=1S/C28H41N7O2/c1-6-23(36)35-16-28(17-35)11-12-34(15-28)26-30-21-10-8-7-9-20(21)24(32-26)29-19(13-18(2)3)14-22-31-25(37)27(4,5)33-22/h6,18-19H,1,7-17H2,2-5H3,(H,29,30,32)(H,31,33,37). The first kappa shape index (κ1) is 25.7. The molecule has 4 aliphatic rings. The molecule has 1 aliphatic carbocycles. The Bertz CT molecular complexity index is 1120. The van der Waals surface area contributed by atoms with E-state index in [4.69, 9.17) is 9.97 Å². The predicted molar refractivity (Wildman–Crippen MR) is 146 cm³/mol. The van der Waals surface area contributed by atoms with Crippen LogP contribution < -0.4 is 15.5 Å². The number of hydrogen-bond acceptors (Lipinski definition) is 7. The molecule has 200 valence electrons. The summed E-state index contributed by atoms with van der Waals surface area (Å²) in [6.45, 7) is 15.1. The van der Waals surface area contributed by atoms with Crippen molar-refractivity contribution in [3.8, 4) is 0 Å². The third kappa shape index (κ3) is 5.22. The molecule has 1 atom stereocenters. The number of carbonyl (C=O) groups excluding carboxylic acids is 2. The molecule has 2 N–H and O–H groups in total. The largest absolute Gasteiger partial charge is 0.366 e. The second-order valence-corrected chi connectivity index (χ2v) is 12.3. The summed E-state index contributed by atoms with van der Waals surface area (Å²) in [6.07, 6.45) is 8.31. The van der Waals surface area contributed by atoms with Crippen LogP contribution in [0, 0.1) is 11.3 Å². The number of carbonyl (C=O) groups is 2. The lowest BCUT2D eigenvalue weighted by atomic mass is 9.79. The minimum atomic E-state index is -0.710. The lowest BCUT2D eigenvalue weighted by Crippen LogP contribution is -2.59. The quantitative estimate of drug-likeness (QED) is 0.524. The Morgan fingerprint density at radius 2 is 1.95 bits per heavy atom. The molecule has 0 aromatic carbocycles. The van der Waals surface area contributed by atoms with Gasteiger partial charge >= 0.3 is 0 Å². The number of likely N-dealkylation sites (tertiary alicyclic amines) is 1. The van der Waals surface area contributed by atoms with Crippen LogP contribution >= 0.6 is 0 Å². The molecule has 1 spiro atoms. The van der Waals surface area contributed by atoms with E-state index in [0.717, 1.165) is 88.0 Å². The van der Waals surface area contributed by atoms with Crippen molar-refractivity contribution < 1.29 is 9.59 Å². The zero-order valence-electron chi connectivity index (χ0n) is 22.8. The first-order valence-corrected chi connectivity index (χ1v) is 13.8. The molecule has 37 heavy (non-hydrogen) atoms. The fraction of sp³-hybridized carbons (Fsp3) is 0.679. The van der Waals surface area contributed by atoms with E-state index in [1.165, 1.54) is 11.6 Å². The smallest absolute Gasteiger partial charge is 0.252 e. The maximum Gasteiger partial charge on any atom is 0.252 e. The van der Waals surface area contributed by atoms with E-state index in [1.54, 1.807) is 0 Å². The third-order valence-corrected chi connectivity index (χ3v) is 8.20. The van der Waals surface area contributed by atoms with Crippen LogP contribution in [0.15, 0.2) is 17.6 Å². The van der Waals surface area contributed by atoms with Crippen molar-refractivity contribution in [3.63, 3.8) is 0 Å². The van der Waals surface area contributed by atoms with Crippen LogP contribution in [0.3, 0.4) is 0 Å². The first-order chi connectivity index (χ1) is 17.6. The Hall–Kier alpha value is -2.97. The number of aromatic nitrogens is 2. The topological polar surface area (TPSA) is 103 Å². The Labute approximate surface area is 220 Å². The van der Waals surface area contributed by atoms with Crippen LogP contribution in [0.1, 0.15) is 71.1 Å². The Morgan fingerprint density at radius 1 is 1.19 bits per heavy atom. The summed E-state index contributed by atoms with van der Waals surface area (Å²) in [5.74, 6) is 2.94. The maximum absolute atomic E-state index is 12.3. The van der Waals surface area contributed by atoms with Gasteiger partial charge in [-0.05, 0) is 64.4 Å². The van der Waals surface area contributed by atoms with E-state index < -0.39 is 5.54 Å². The van der Waals surface area contributed by atoms with Crippen molar-refractivity contribution >= 4 is 29.4 Å². The van der Waals surface area contributed by atoms with Crippen LogP contribution in [-0.2, 0) is 22.4 Å². The van der Waals surface area contributed by atoms with E-state index in [2.05, 4.69) is 41.0 Å². The van der Waals surface area contributed by atoms with Crippen LogP contribution in [0.25, 0.3) is 0 Å². The van der Waals surface area contributed by atoms with Gasteiger partial charge in [0.1, 0.15) is 17.2 Å². The summed E-state index contributed by atoms with van der Waals surface area (Å²) in [6, 6.07) is 0.108. The summed E-state index contributed by atoms with van der Waals surface area (Å²) in [4.78, 5) is 43.3. The van der Waals surface area contributed by atoms with Gasteiger partial charge in [-0.3, -0.25) is 14.6 Å². The minimum absolute atomic E-state index is 0.0169. The Morgan fingerprint density at radius 3 is 2.62 bits per heavy atom. The lowest BCUT2D eigenvalue weighted by Gasteiger charge is -2.47. The van der Waals surface area contributed by atoms with Gasteiger partial charge in [0, 0.05) is 49.6 Å². The van der Waals surface area contributed by atoms with Gasteiger partial charge in [0.2, 0.25) is 11.9 Å². The number of aryl methyl sites for hydroxylation is 1. The SMILES string of the molecule is C=CC(=O)N1CC2(CCN(c3nc4c(c(NC(CC5=NC(C)(C)C(=O)N5)CC(C)C)n3)CCCC4)C2)C1. The molecule has 9 nitrogen and oxygen atoms in total. The number of nitrogens with zero attached hydrogens (tertiary/aromatic N) is 5. The average Bonchev–Trinajstić information content (AvgIpc) is 3.38. The Kier molecular flexibility index (Phi) is 6.75. The molecule has 3 aliphatic heterocycles. The lowest BCUT2D eigenvalue weighted by molar-refractivity contribution is -0.136. The maximum atomic E-state index is 12.3. The van der Waals surface area contributed by atoms with Gasteiger partial charge in [-0.1, -0.05) is 20.4 Å². The molecule has 2 fully saturated rings. The van der Waals surface area contributed by atoms with Crippen LogP contribution in [0.4, 0.5) is 11.8 Å². The first-order valence-electron chi connectivity index (χ1n) is 13.8. The molecule has 0 saturated carbocycles. The summed E-state index contributed by atoms with van der Waals surface area (Å²) >= 11 is 0. The molecule has 1 aromatic heterocycles. The molecular weight excluding hydrogens is 466 g/mol. The number of hydrogen-bond donors (Lipinski definition) is 2. The summed E-state index contributed by atoms with van der Waals surface area (Å²) in [5, 5.41) is 6.76. The van der Waals surface area contributed by atoms with Gasteiger partial charge in [-0.25, -0.2) is 4.98 Å². The molecule has 1 aromatic rings. The van der Waals surface area contributed by atoms with E-state index >= 15 is 0 Å². The molecule has 1 unspecified atom stereocenters. The second-order valence-electron chi connectivity index (χ2n) is 12.3. The molecule has 9 heteroatoms.